The lowest BCUT2D eigenvalue weighted by molar-refractivity contribution is 0.00578. The first-order chi connectivity index (χ1) is 24.2. The second-order valence-corrected chi connectivity index (χ2v) is 13.8. The van der Waals surface area contributed by atoms with Crippen molar-refractivity contribution in [1.82, 2.24) is 0 Å². The van der Waals surface area contributed by atoms with E-state index in [1.165, 1.54) is 0 Å². The van der Waals surface area contributed by atoms with E-state index in [9.17, 15) is 0 Å². The molecule has 0 atom stereocenters. The van der Waals surface area contributed by atoms with Crippen molar-refractivity contribution in [3.8, 4) is 131 Å². The summed E-state index contributed by atoms with van der Waals surface area (Å²) < 4.78 is 25.8. The van der Waals surface area contributed by atoms with Gasteiger partial charge in [-0.3, -0.25) is 0 Å². The number of rotatable bonds is 2. The Balaban J connectivity index is 1.73. The van der Waals surface area contributed by atoms with Crippen LogP contribution >= 0.6 is 0 Å². The largest absolute Gasteiger partial charge is 0.494 e. The van der Waals surface area contributed by atoms with Crippen LogP contribution in [0.15, 0.2) is 36.4 Å². The molecule has 0 unspecified atom stereocenters. The third-order valence-corrected chi connectivity index (χ3v) is 9.63. The fourth-order valence-electron chi connectivity index (χ4n) is 5.55. The standard InChI is InChI=1S/C45H32B2O4/c1-11-13-15-17-19-21-23-25-31-45(32-26-24-22-20-18-16-14-12-2)39-33-35(46-48-41(3,4)42(5,6)49-46)27-29-37(39)38-30-28-36(34-40(38)45)47-50-43(7,8)44(9,10)51-47/h1-2,27-30,33-34H,3-10H3. The zero-order valence-electron chi connectivity index (χ0n) is 29.9. The van der Waals surface area contributed by atoms with Crippen LogP contribution in [-0.4, -0.2) is 36.6 Å². The second kappa shape index (κ2) is 14.1. The second-order valence-electron chi connectivity index (χ2n) is 13.8. The SMILES string of the molecule is C#CC#CC#CC#CC#CC1(C#CC#CC#CC#CC#C)c2cc(B3OC(C)(C)C(C)(C)O3)ccc2-c2ccc(B3OC(C)(C)C(C)(C)O3)cc21. The molecule has 6 heteroatoms. The lowest BCUT2D eigenvalue weighted by Gasteiger charge is -2.32. The summed E-state index contributed by atoms with van der Waals surface area (Å²) in [5, 5.41) is 0. The molecular formula is C45H32B2O4. The van der Waals surface area contributed by atoms with Crippen LogP contribution in [0.5, 0.6) is 0 Å². The lowest BCUT2D eigenvalue weighted by Crippen LogP contribution is -2.41. The summed E-state index contributed by atoms with van der Waals surface area (Å²) in [5.41, 5.74) is 1.89. The molecule has 0 radical (unpaired) electrons. The van der Waals surface area contributed by atoms with Crippen molar-refractivity contribution in [1.29, 1.82) is 0 Å². The third-order valence-electron chi connectivity index (χ3n) is 9.63. The van der Waals surface area contributed by atoms with Gasteiger partial charge in [0.2, 0.25) is 0 Å². The van der Waals surface area contributed by atoms with E-state index in [0.717, 1.165) is 33.2 Å². The van der Waals surface area contributed by atoms with Crippen molar-refractivity contribution in [3.05, 3.63) is 47.5 Å². The van der Waals surface area contributed by atoms with Gasteiger partial charge in [0.15, 0.2) is 0 Å². The van der Waals surface area contributed by atoms with E-state index in [1.807, 2.05) is 79.7 Å². The first-order valence-corrected chi connectivity index (χ1v) is 16.1. The summed E-state index contributed by atoms with van der Waals surface area (Å²) in [6.45, 7) is 16.2. The highest BCUT2D eigenvalue weighted by molar-refractivity contribution is 6.62. The molecule has 2 heterocycles. The van der Waals surface area contributed by atoms with Gasteiger partial charge in [-0.05, 0) is 183 Å². The zero-order chi connectivity index (χ0) is 36.9. The van der Waals surface area contributed by atoms with E-state index in [1.54, 1.807) is 0 Å². The number of benzene rings is 2. The van der Waals surface area contributed by atoms with Gasteiger partial charge >= 0.3 is 14.2 Å². The van der Waals surface area contributed by atoms with Gasteiger partial charge in [0.1, 0.15) is 5.41 Å². The third kappa shape index (κ3) is 7.18. The predicted molar refractivity (Wildman–Crippen MR) is 204 cm³/mol. The molecule has 2 saturated heterocycles. The summed E-state index contributed by atoms with van der Waals surface area (Å²) in [6, 6.07) is 12.2. The van der Waals surface area contributed by atoms with E-state index in [4.69, 9.17) is 31.5 Å². The average Bonchev–Trinajstić information content (AvgIpc) is 3.57. The molecular weight excluding hydrogens is 626 g/mol. The summed E-state index contributed by atoms with van der Waals surface area (Å²) >= 11 is 0. The summed E-state index contributed by atoms with van der Waals surface area (Å²) in [4.78, 5) is 0. The molecule has 1 aliphatic carbocycles. The van der Waals surface area contributed by atoms with E-state index in [0.29, 0.717) is 0 Å². The molecule has 0 saturated carbocycles. The molecule has 2 aliphatic heterocycles. The maximum atomic E-state index is 6.44. The quantitative estimate of drug-likeness (QED) is 0.364. The van der Waals surface area contributed by atoms with Crippen molar-refractivity contribution >= 4 is 25.2 Å². The van der Waals surface area contributed by atoms with Crippen molar-refractivity contribution < 1.29 is 18.6 Å². The smallest absolute Gasteiger partial charge is 0.399 e. The monoisotopic (exact) mass is 658 g/mol. The molecule has 0 N–H and O–H groups in total. The van der Waals surface area contributed by atoms with Gasteiger partial charge in [-0.15, -0.1) is 12.8 Å². The highest BCUT2D eigenvalue weighted by Gasteiger charge is 2.54. The molecule has 5 rings (SSSR count). The van der Waals surface area contributed by atoms with Crippen molar-refractivity contribution in [3.63, 3.8) is 0 Å². The van der Waals surface area contributed by atoms with Crippen LogP contribution in [0.25, 0.3) is 11.1 Å². The topological polar surface area (TPSA) is 36.9 Å². The minimum Gasteiger partial charge on any atom is -0.399 e. The van der Waals surface area contributed by atoms with Crippen LogP contribution < -0.4 is 10.9 Å². The molecule has 242 valence electrons. The highest BCUT2D eigenvalue weighted by Crippen LogP contribution is 2.49. The highest BCUT2D eigenvalue weighted by atomic mass is 16.7. The van der Waals surface area contributed by atoms with E-state index in [2.05, 4.69) is 119 Å². The van der Waals surface area contributed by atoms with E-state index in [-0.39, 0.29) is 0 Å². The Kier molecular flexibility index (Phi) is 10.0. The van der Waals surface area contributed by atoms with Crippen molar-refractivity contribution in [2.24, 2.45) is 0 Å². The average molecular weight is 658 g/mol. The molecule has 4 nitrogen and oxygen atoms in total. The predicted octanol–water partition coefficient (Wildman–Crippen LogP) is 3.85. The van der Waals surface area contributed by atoms with E-state index >= 15 is 0 Å². The molecule has 0 amide bonds. The summed E-state index contributed by atoms with van der Waals surface area (Å²) in [7, 11) is -1.22. The van der Waals surface area contributed by atoms with Gasteiger partial charge in [0, 0.05) is 0 Å². The van der Waals surface area contributed by atoms with Crippen LogP contribution in [-0.2, 0) is 24.0 Å². The Morgan fingerprint density at radius 1 is 0.431 bits per heavy atom. The fraction of sp³-hybridized carbons (Fsp3) is 0.289. The maximum Gasteiger partial charge on any atom is 0.494 e. The molecule has 2 aromatic rings. The van der Waals surface area contributed by atoms with Crippen molar-refractivity contribution in [2.45, 2.75) is 83.2 Å². The molecule has 0 aromatic heterocycles. The number of hydrogen-bond donors (Lipinski definition) is 0. The van der Waals surface area contributed by atoms with Crippen molar-refractivity contribution in [2.75, 3.05) is 0 Å². The van der Waals surface area contributed by atoms with Crippen LogP contribution in [0.1, 0.15) is 66.5 Å². The minimum absolute atomic E-state index is 0.531. The first kappa shape index (κ1) is 36.3. The molecule has 2 aromatic carbocycles. The fourth-order valence-corrected chi connectivity index (χ4v) is 5.55. The summed E-state index contributed by atoms with van der Waals surface area (Å²) in [6.07, 6.45) is 10.3. The normalized spacial score (nSPS) is 17.7. The van der Waals surface area contributed by atoms with Crippen LogP contribution in [0.2, 0.25) is 0 Å². The Morgan fingerprint density at radius 2 is 0.725 bits per heavy atom. The molecule has 51 heavy (non-hydrogen) atoms. The van der Waals surface area contributed by atoms with Crippen LogP contribution in [0.4, 0.5) is 0 Å². The van der Waals surface area contributed by atoms with E-state index < -0.39 is 42.1 Å². The molecule has 3 aliphatic rings. The van der Waals surface area contributed by atoms with Gasteiger partial charge in [-0.2, -0.15) is 0 Å². The molecule has 0 bridgehead atoms. The van der Waals surface area contributed by atoms with Crippen LogP contribution in [0.3, 0.4) is 0 Å². The molecule has 0 spiro atoms. The molecule has 2 fully saturated rings. The Morgan fingerprint density at radius 3 is 1.04 bits per heavy atom. The Hall–Kier alpha value is -5.99. The van der Waals surface area contributed by atoms with Gasteiger partial charge in [-0.1, -0.05) is 48.2 Å². The minimum atomic E-state index is -1.19. The maximum absolute atomic E-state index is 6.44. The van der Waals surface area contributed by atoms with Gasteiger partial charge < -0.3 is 18.6 Å². The number of hydrogen-bond acceptors (Lipinski definition) is 4. The Labute approximate surface area is 304 Å². The van der Waals surface area contributed by atoms with Gasteiger partial charge in [-0.25, -0.2) is 0 Å². The Bertz CT molecular complexity index is 2220. The first-order valence-electron chi connectivity index (χ1n) is 16.1. The zero-order valence-corrected chi connectivity index (χ0v) is 29.9. The van der Waals surface area contributed by atoms with Crippen LogP contribution in [0, 0.1) is 119 Å². The summed E-state index contributed by atoms with van der Waals surface area (Å²) in [5.74, 6) is 48.8. The number of fused-ring (bicyclic) bond motifs is 3. The van der Waals surface area contributed by atoms with Gasteiger partial charge in [0.25, 0.3) is 0 Å². The number of terminal acetylenes is 2. The van der Waals surface area contributed by atoms with Gasteiger partial charge in [0.05, 0.1) is 22.4 Å². The lowest BCUT2D eigenvalue weighted by atomic mass is 9.72.